The van der Waals surface area contributed by atoms with Crippen molar-refractivity contribution in [2.75, 3.05) is 43.1 Å². The van der Waals surface area contributed by atoms with Crippen molar-refractivity contribution in [1.29, 1.82) is 5.26 Å². The first-order valence-electron chi connectivity index (χ1n) is 10.4. The van der Waals surface area contributed by atoms with Crippen LogP contribution in [0, 0.1) is 17.1 Å². The highest BCUT2D eigenvalue weighted by Gasteiger charge is 2.28. The number of nitriles is 1. The average Bonchev–Trinajstić information content (AvgIpc) is 3.62. The minimum Gasteiger partial charge on any atom is -0.494 e. The van der Waals surface area contributed by atoms with E-state index in [2.05, 4.69) is 32.1 Å². The molecule has 2 fully saturated rings. The van der Waals surface area contributed by atoms with Crippen LogP contribution in [0.5, 0.6) is 11.5 Å². The molecule has 2 heterocycles. The summed E-state index contributed by atoms with van der Waals surface area (Å²) >= 11 is 0. The van der Waals surface area contributed by atoms with Gasteiger partial charge in [0.1, 0.15) is 28.9 Å². The second-order valence-corrected chi connectivity index (χ2v) is 7.77. The van der Waals surface area contributed by atoms with E-state index >= 15 is 0 Å². The summed E-state index contributed by atoms with van der Waals surface area (Å²) < 4.78 is 25.6. The Morgan fingerprint density at radius 2 is 1.77 bits per heavy atom. The normalized spacial score (nSPS) is 16.3. The molecule has 7 nitrogen and oxygen atoms in total. The van der Waals surface area contributed by atoms with Gasteiger partial charge in [-0.2, -0.15) is 5.26 Å². The Balaban J connectivity index is 1.45. The van der Waals surface area contributed by atoms with E-state index in [-0.39, 0.29) is 5.69 Å². The van der Waals surface area contributed by atoms with E-state index in [1.165, 1.54) is 19.2 Å². The molecule has 0 spiro atoms. The van der Waals surface area contributed by atoms with Gasteiger partial charge in [-0.05, 0) is 31.0 Å². The molecule has 0 bridgehead atoms. The molecule has 1 aromatic heterocycles. The fraction of sp³-hybridized carbons (Fsp3) is 0.348. The van der Waals surface area contributed by atoms with Gasteiger partial charge in [-0.15, -0.1) is 10.2 Å². The summed E-state index contributed by atoms with van der Waals surface area (Å²) in [6, 6.07) is 12.9. The van der Waals surface area contributed by atoms with Crippen molar-refractivity contribution in [2.24, 2.45) is 0 Å². The third-order valence-electron chi connectivity index (χ3n) is 5.71. The smallest absolute Gasteiger partial charge is 0.187 e. The number of aromatic nitrogens is 2. The number of para-hydroxylation sites is 2. The molecule has 1 saturated carbocycles. The van der Waals surface area contributed by atoms with Crippen LogP contribution in [0.4, 0.5) is 15.8 Å². The molecular formula is C23H22FN5O2. The van der Waals surface area contributed by atoms with Gasteiger partial charge < -0.3 is 19.3 Å². The predicted octanol–water partition coefficient (Wildman–Crippen LogP) is 3.52. The Hall–Kier alpha value is -3.60. The molecule has 3 aromatic rings. The van der Waals surface area contributed by atoms with Crippen LogP contribution in [0.25, 0.3) is 10.9 Å². The van der Waals surface area contributed by atoms with Gasteiger partial charge in [0.2, 0.25) is 0 Å². The Morgan fingerprint density at radius 3 is 2.48 bits per heavy atom. The van der Waals surface area contributed by atoms with Gasteiger partial charge in [0.25, 0.3) is 0 Å². The molecule has 0 unspecified atom stereocenters. The van der Waals surface area contributed by atoms with Crippen molar-refractivity contribution < 1.29 is 13.9 Å². The van der Waals surface area contributed by atoms with Crippen LogP contribution in [0.1, 0.15) is 18.5 Å². The highest BCUT2D eigenvalue weighted by Crippen LogP contribution is 2.37. The Bertz CT molecular complexity index is 1170. The zero-order valence-corrected chi connectivity index (χ0v) is 17.2. The minimum absolute atomic E-state index is 0.186. The Labute approximate surface area is 179 Å². The second kappa shape index (κ2) is 7.91. The van der Waals surface area contributed by atoms with E-state index in [4.69, 9.17) is 9.47 Å². The first-order valence-corrected chi connectivity index (χ1v) is 10.4. The van der Waals surface area contributed by atoms with Gasteiger partial charge in [-0.25, -0.2) is 4.39 Å². The second-order valence-electron chi connectivity index (χ2n) is 7.77. The maximum absolute atomic E-state index is 14.3. The molecule has 2 aromatic carbocycles. The number of halogens is 1. The van der Waals surface area contributed by atoms with Gasteiger partial charge in [0.05, 0.1) is 24.6 Å². The fourth-order valence-corrected chi connectivity index (χ4v) is 4.04. The molecule has 158 valence electrons. The summed E-state index contributed by atoms with van der Waals surface area (Å²) in [6.07, 6.45) is 2.56. The summed E-state index contributed by atoms with van der Waals surface area (Å²) in [7, 11) is 1.47. The van der Waals surface area contributed by atoms with Crippen molar-refractivity contribution in [2.45, 2.75) is 18.9 Å². The molecule has 1 aliphatic carbocycles. The molecule has 0 amide bonds. The van der Waals surface area contributed by atoms with Crippen LogP contribution in [-0.4, -0.2) is 49.6 Å². The summed E-state index contributed by atoms with van der Waals surface area (Å²) in [5.41, 5.74) is 2.32. The van der Waals surface area contributed by atoms with Crippen molar-refractivity contribution in [3.63, 3.8) is 0 Å². The van der Waals surface area contributed by atoms with Crippen molar-refractivity contribution >= 4 is 22.3 Å². The van der Waals surface area contributed by atoms with Gasteiger partial charge >= 0.3 is 0 Å². The topological polar surface area (TPSA) is 74.5 Å². The van der Waals surface area contributed by atoms with E-state index in [1.807, 2.05) is 18.2 Å². The summed E-state index contributed by atoms with van der Waals surface area (Å²) in [6.45, 7) is 2.80. The minimum atomic E-state index is -0.438. The molecular weight excluding hydrogens is 397 g/mol. The van der Waals surface area contributed by atoms with Crippen molar-refractivity contribution in [3.05, 3.63) is 47.9 Å². The van der Waals surface area contributed by atoms with E-state index < -0.39 is 5.82 Å². The molecule has 2 aliphatic rings. The van der Waals surface area contributed by atoms with Crippen LogP contribution < -0.4 is 19.3 Å². The monoisotopic (exact) mass is 419 g/mol. The zero-order valence-electron chi connectivity index (χ0n) is 17.2. The zero-order chi connectivity index (χ0) is 21.4. The summed E-state index contributed by atoms with van der Waals surface area (Å²) in [5.74, 6) is 0.782. The highest BCUT2D eigenvalue weighted by atomic mass is 19.1. The lowest BCUT2D eigenvalue weighted by molar-refractivity contribution is 0.303. The van der Waals surface area contributed by atoms with Crippen molar-refractivity contribution in [1.82, 2.24) is 10.2 Å². The van der Waals surface area contributed by atoms with Gasteiger partial charge in [0, 0.05) is 37.6 Å². The number of methoxy groups -OCH3 is 1. The molecule has 1 aliphatic heterocycles. The number of ether oxygens (including phenoxy) is 2. The van der Waals surface area contributed by atoms with E-state index in [1.54, 1.807) is 0 Å². The van der Waals surface area contributed by atoms with Gasteiger partial charge in [-0.1, -0.05) is 12.1 Å². The predicted molar refractivity (Wildman–Crippen MR) is 115 cm³/mol. The van der Waals surface area contributed by atoms with Gasteiger partial charge in [0.15, 0.2) is 5.69 Å². The van der Waals surface area contributed by atoms with Crippen LogP contribution in [0.3, 0.4) is 0 Å². The third kappa shape index (κ3) is 3.67. The Morgan fingerprint density at radius 1 is 1.03 bits per heavy atom. The quantitative estimate of drug-likeness (QED) is 0.626. The third-order valence-corrected chi connectivity index (χ3v) is 5.71. The maximum Gasteiger partial charge on any atom is 0.187 e. The number of piperazine rings is 1. The summed E-state index contributed by atoms with van der Waals surface area (Å²) in [5, 5.41) is 18.4. The average molecular weight is 419 g/mol. The van der Waals surface area contributed by atoms with Crippen LogP contribution in [0.2, 0.25) is 0 Å². The molecule has 31 heavy (non-hydrogen) atoms. The van der Waals surface area contributed by atoms with Gasteiger partial charge in [-0.3, -0.25) is 0 Å². The first-order chi connectivity index (χ1) is 15.2. The number of fused-ring (bicyclic) bond motifs is 1. The van der Waals surface area contributed by atoms with E-state index in [0.29, 0.717) is 41.5 Å². The lowest BCUT2D eigenvalue weighted by Gasteiger charge is -2.38. The van der Waals surface area contributed by atoms with Crippen molar-refractivity contribution in [3.8, 4) is 17.6 Å². The number of nitrogens with zero attached hydrogens (tertiary/aromatic N) is 5. The maximum atomic E-state index is 14.3. The first kappa shape index (κ1) is 19.4. The van der Waals surface area contributed by atoms with E-state index in [0.717, 1.165) is 37.4 Å². The molecule has 5 rings (SSSR count). The number of hydrogen-bond donors (Lipinski definition) is 0. The van der Waals surface area contributed by atoms with E-state index in [9.17, 15) is 9.65 Å². The van der Waals surface area contributed by atoms with Crippen LogP contribution in [-0.2, 0) is 0 Å². The lowest BCUT2D eigenvalue weighted by atomic mass is 10.1. The molecule has 1 saturated heterocycles. The number of benzene rings is 2. The molecule has 0 N–H and O–H groups in total. The molecule has 0 atom stereocenters. The number of rotatable bonds is 5. The SMILES string of the molecule is COc1cc(F)cc2c(N3CCN(c4ccccc4OC4CC4)CC3)c(C#N)nnc12. The fourth-order valence-electron chi connectivity index (χ4n) is 4.04. The standard InChI is InChI=1S/C23H22FN5O2/c1-30-21-13-15(24)12-17-22(21)27-26-18(14-25)23(17)29-10-8-28(9-11-29)19-4-2-3-5-20(19)31-16-6-7-16/h2-5,12-13,16H,6-11H2,1H3. The summed E-state index contributed by atoms with van der Waals surface area (Å²) in [4.78, 5) is 4.37. The Kier molecular flexibility index (Phi) is 4.94. The van der Waals surface area contributed by atoms with Crippen LogP contribution in [0.15, 0.2) is 36.4 Å². The largest absolute Gasteiger partial charge is 0.494 e. The molecule has 0 radical (unpaired) electrons. The molecule has 8 heteroatoms. The lowest BCUT2D eigenvalue weighted by Crippen LogP contribution is -2.47. The van der Waals surface area contributed by atoms with Crippen LogP contribution >= 0.6 is 0 Å². The number of anilines is 2. The highest BCUT2D eigenvalue weighted by molar-refractivity contribution is 5.96. The number of hydrogen-bond acceptors (Lipinski definition) is 7.